The Morgan fingerprint density at radius 3 is 1.73 bits per heavy atom. The number of carbonyl (C=O) groups excluding carboxylic acids is 1. The molecule has 0 radical (unpaired) electrons. The van der Waals surface area contributed by atoms with Gasteiger partial charge in [0, 0.05) is 6.08 Å². The molecule has 0 atom stereocenters. The van der Waals surface area contributed by atoms with E-state index in [2.05, 4.69) is 0 Å². The van der Waals surface area contributed by atoms with Crippen molar-refractivity contribution in [3.63, 3.8) is 0 Å². The van der Waals surface area contributed by atoms with Crippen LogP contribution in [-0.2, 0) is 9.59 Å². The van der Waals surface area contributed by atoms with E-state index >= 15 is 0 Å². The Bertz CT molecular complexity index is 177. The summed E-state index contributed by atoms with van der Waals surface area (Å²) < 4.78 is 0. The van der Waals surface area contributed by atoms with Crippen LogP contribution in [0.5, 0.6) is 0 Å². The van der Waals surface area contributed by atoms with E-state index in [9.17, 15) is 19.8 Å². The molecule has 0 bridgehead atoms. The second kappa shape index (κ2) is 8.37. The number of aliphatic carboxylic acids is 2. The number of carboxylic acid groups (broad SMARTS) is 2. The van der Waals surface area contributed by atoms with Gasteiger partial charge in [0.2, 0.25) is 0 Å². The van der Waals surface area contributed by atoms with Crippen molar-refractivity contribution < 1.29 is 24.9 Å². The van der Waals surface area contributed by atoms with Crippen LogP contribution in [0.4, 0.5) is 0 Å². The van der Waals surface area contributed by atoms with Gasteiger partial charge in [0.15, 0.2) is 0 Å². The molecule has 0 aromatic heterocycles. The number of rotatable bonds is 2. The van der Waals surface area contributed by atoms with Crippen LogP contribution < -0.4 is 10.2 Å². The van der Waals surface area contributed by atoms with E-state index in [4.69, 9.17) is 5.11 Å². The Morgan fingerprint density at radius 2 is 1.64 bits per heavy atom. The van der Waals surface area contributed by atoms with E-state index < -0.39 is 17.7 Å². The smallest absolute Gasteiger partial charge is 0.871 e. The molecule has 0 spiro atoms. The van der Waals surface area contributed by atoms with Gasteiger partial charge in [-0.2, -0.15) is 0 Å². The van der Waals surface area contributed by atoms with E-state index in [0.29, 0.717) is 0 Å². The molecule has 0 aliphatic carbocycles. The van der Waals surface area contributed by atoms with Gasteiger partial charge in [-0.15, -0.1) is 0 Å². The summed E-state index contributed by atoms with van der Waals surface area (Å²) in [7, 11) is 0. The Labute approximate surface area is 103 Å². The predicted molar refractivity (Wildman–Crippen MR) is 32.2 cm³/mol. The Balaban J connectivity index is -0.000000320. The largest absolute Gasteiger partial charge is 3.00 e. The maximum absolute atomic E-state index is 9.85. The summed E-state index contributed by atoms with van der Waals surface area (Å²) in [6.45, 7) is 0. The maximum atomic E-state index is 9.85. The van der Waals surface area contributed by atoms with Gasteiger partial charge in [-0.3, -0.25) is 0 Å². The van der Waals surface area contributed by atoms with E-state index in [1.165, 1.54) is 0 Å². The van der Waals surface area contributed by atoms with Crippen LogP contribution in [-0.4, -0.2) is 72.1 Å². The SMILES string of the molecule is O=C(O)C=C([O-])C(=O)[O-].[Al+3].[Ca+2]. The van der Waals surface area contributed by atoms with E-state index in [1.54, 1.807) is 0 Å². The van der Waals surface area contributed by atoms with Gasteiger partial charge >= 0.3 is 61.1 Å². The molecule has 0 aromatic rings. The van der Waals surface area contributed by atoms with E-state index in [1.807, 2.05) is 0 Å². The van der Waals surface area contributed by atoms with Gasteiger partial charge in [0.1, 0.15) is 0 Å². The third kappa shape index (κ3) is 10.3. The van der Waals surface area contributed by atoms with Crippen molar-refractivity contribution >= 4 is 67.0 Å². The number of hydrogen-bond acceptors (Lipinski definition) is 4. The van der Waals surface area contributed by atoms with E-state index in [0.717, 1.165) is 0 Å². The van der Waals surface area contributed by atoms with Gasteiger partial charge in [-0.1, -0.05) is 5.76 Å². The van der Waals surface area contributed by atoms with Gasteiger partial charge in [-0.05, 0) is 0 Å². The molecule has 0 fully saturated rings. The normalized spacial score (nSPS) is 8.91. The summed E-state index contributed by atoms with van der Waals surface area (Å²) in [5.74, 6) is -5.15. The van der Waals surface area contributed by atoms with Crippen LogP contribution >= 0.6 is 0 Å². The molecular weight excluding hydrogens is 195 g/mol. The standard InChI is InChI=1S/C4H4O5.Al.Ca/c5-2(4(8)9)1-3(6)7;;/h1,5H,(H,6,7)(H,8,9);;/q;+3;+2/p-2. The van der Waals surface area contributed by atoms with Crippen LogP contribution in [0, 0.1) is 0 Å². The van der Waals surface area contributed by atoms with Crippen molar-refractivity contribution in [1.29, 1.82) is 0 Å². The van der Waals surface area contributed by atoms with Gasteiger partial charge in [0.05, 0.1) is 5.97 Å². The molecule has 50 valence electrons. The molecule has 0 heterocycles. The van der Waals surface area contributed by atoms with Gasteiger partial charge in [-0.25, -0.2) is 4.79 Å². The summed E-state index contributed by atoms with van der Waals surface area (Å²) in [5, 5.41) is 27.1. The van der Waals surface area contributed by atoms with Crippen molar-refractivity contribution in [3.05, 3.63) is 11.8 Å². The van der Waals surface area contributed by atoms with Crippen LogP contribution in [0.1, 0.15) is 0 Å². The summed E-state index contributed by atoms with van der Waals surface area (Å²) >= 11 is 0. The molecule has 0 aromatic carbocycles. The van der Waals surface area contributed by atoms with Crippen molar-refractivity contribution in [1.82, 2.24) is 0 Å². The van der Waals surface area contributed by atoms with E-state index in [-0.39, 0.29) is 61.2 Å². The molecule has 0 aliphatic rings. The fourth-order valence-electron chi connectivity index (χ4n) is 0.171. The number of carbonyl (C=O) groups is 2. The number of carboxylic acids is 2. The van der Waals surface area contributed by atoms with Gasteiger partial charge < -0.3 is 20.1 Å². The Hall–Kier alpha value is 0.272. The minimum absolute atomic E-state index is 0. The summed E-state index contributed by atoms with van der Waals surface area (Å²) in [6.07, 6.45) is 0.0231. The first-order valence-corrected chi connectivity index (χ1v) is 1.87. The van der Waals surface area contributed by atoms with Gasteiger partial charge in [0.25, 0.3) is 0 Å². The molecule has 1 N–H and O–H groups in total. The Kier molecular flexibility index (Phi) is 13.2. The minimum Gasteiger partial charge on any atom is -0.871 e. The minimum atomic E-state index is -2.02. The first-order chi connectivity index (χ1) is 4.04. The molecule has 0 rings (SSSR count). The second-order valence-electron chi connectivity index (χ2n) is 1.13. The summed E-state index contributed by atoms with van der Waals surface area (Å²) in [4.78, 5) is 19.0. The molecule has 0 amide bonds. The van der Waals surface area contributed by atoms with Crippen LogP contribution in [0.15, 0.2) is 11.8 Å². The zero-order chi connectivity index (χ0) is 7.44. The van der Waals surface area contributed by atoms with Crippen molar-refractivity contribution in [3.8, 4) is 0 Å². The summed E-state index contributed by atoms with van der Waals surface area (Å²) in [5.41, 5.74) is 0. The fraction of sp³-hybridized carbons (Fsp3) is 0. The van der Waals surface area contributed by atoms with Crippen LogP contribution in [0.3, 0.4) is 0 Å². The molecule has 7 heteroatoms. The molecule has 0 unspecified atom stereocenters. The summed E-state index contributed by atoms with van der Waals surface area (Å²) in [6, 6.07) is 0. The zero-order valence-corrected chi connectivity index (χ0v) is 8.81. The van der Waals surface area contributed by atoms with Crippen molar-refractivity contribution in [2.75, 3.05) is 0 Å². The molecule has 11 heavy (non-hydrogen) atoms. The van der Waals surface area contributed by atoms with Crippen molar-refractivity contribution in [2.24, 2.45) is 0 Å². The first-order valence-electron chi connectivity index (χ1n) is 1.87. The maximum Gasteiger partial charge on any atom is 3.00 e. The molecule has 5 nitrogen and oxygen atoms in total. The molecule has 0 saturated heterocycles. The average molecular weight is 197 g/mol. The molecular formula is C4H2AlCaO5+3. The zero-order valence-electron chi connectivity index (χ0n) is 5.44. The van der Waals surface area contributed by atoms with Crippen LogP contribution in [0.25, 0.3) is 0 Å². The molecule has 0 saturated carbocycles. The van der Waals surface area contributed by atoms with Crippen LogP contribution in [0.2, 0.25) is 0 Å². The number of hydrogen-bond donors (Lipinski definition) is 1. The predicted octanol–water partition coefficient (Wildman–Crippen LogP) is -3.70. The third-order valence-electron chi connectivity index (χ3n) is 0.456. The first kappa shape index (κ1) is 17.4. The molecule has 0 aliphatic heterocycles. The average Bonchev–Trinajstić information content (AvgIpc) is 1.63. The third-order valence-corrected chi connectivity index (χ3v) is 0.456. The van der Waals surface area contributed by atoms with Crippen molar-refractivity contribution in [2.45, 2.75) is 0 Å². The fourth-order valence-corrected chi connectivity index (χ4v) is 0.171. The topological polar surface area (TPSA) is 100 Å². The monoisotopic (exact) mass is 197 g/mol. The Morgan fingerprint density at radius 1 is 1.27 bits per heavy atom. The second-order valence-corrected chi connectivity index (χ2v) is 1.13. The quantitative estimate of drug-likeness (QED) is 0.279.